The molecule has 0 aliphatic carbocycles. The molecule has 1 fully saturated rings. The van der Waals surface area contributed by atoms with Gasteiger partial charge in [0.15, 0.2) is 5.96 Å². The van der Waals surface area contributed by atoms with Gasteiger partial charge in [-0.05, 0) is 44.4 Å². The Morgan fingerprint density at radius 1 is 1.32 bits per heavy atom. The van der Waals surface area contributed by atoms with Crippen LogP contribution in [-0.4, -0.2) is 44.7 Å². The zero-order valence-corrected chi connectivity index (χ0v) is 15.5. The van der Waals surface area contributed by atoms with Gasteiger partial charge >= 0.3 is 0 Å². The van der Waals surface area contributed by atoms with E-state index in [2.05, 4.69) is 22.5 Å². The Morgan fingerprint density at radius 3 is 2.72 bits per heavy atom. The van der Waals surface area contributed by atoms with Crippen LogP contribution in [0.3, 0.4) is 0 Å². The molecule has 0 spiro atoms. The Bertz CT molecular complexity index is 571. The van der Waals surface area contributed by atoms with Crippen LogP contribution in [0.1, 0.15) is 38.7 Å². The topological polar surface area (TPSA) is 66.0 Å². The van der Waals surface area contributed by atoms with Crippen LogP contribution in [0.4, 0.5) is 5.69 Å². The van der Waals surface area contributed by atoms with E-state index in [0.717, 1.165) is 43.1 Å². The van der Waals surface area contributed by atoms with Gasteiger partial charge in [0.2, 0.25) is 5.91 Å². The van der Waals surface area contributed by atoms with Crippen LogP contribution in [0.15, 0.2) is 29.3 Å². The molecule has 0 saturated carbocycles. The van der Waals surface area contributed by atoms with Gasteiger partial charge in [0.1, 0.15) is 0 Å². The highest BCUT2D eigenvalue weighted by Gasteiger charge is 2.19. The molecule has 1 unspecified atom stereocenters. The van der Waals surface area contributed by atoms with Gasteiger partial charge in [0.25, 0.3) is 0 Å². The number of guanidine groups is 1. The molecule has 6 nitrogen and oxygen atoms in total. The average molecular weight is 346 g/mol. The second-order valence-electron chi connectivity index (χ2n) is 6.36. The standard InChI is InChI=1S/C19H30N4O2/c1-4-20-19(22-15(2)14-25-3)21-13-16-8-10-17(11-9-16)23-12-6-5-7-18(23)24/h8-11,15H,4-7,12-14H2,1-3H3,(H2,20,21,22). The number of piperidine rings is 1. The number of anilines is 1. The summed E-state index contributed by atoms with van der Waals surface area (Å²) in [5, 5.41) is 6.56. The summed E-state index contributed by atoms with van der Waals surface area (Å²) in [5.41, 5.74) is 2.10. The first-order chi connectivity index (χ1) is 12.1. The quantitative estimate of drug-likeness (QED) is 0.587. The third kappa shape index (κ3) is 6.05. The monoisotopic (exact) mass is 346 g/mol. The summed E-state index contributed by atoms with van der Waals surface area (Å²) in [6.45, 7) is 6.94. The first-order valence-corrected chi connectivity index (χ1v) is 9.07. The molecule has 138 valence electrons. The molecule has 0 aromatic heterocycles. The fraction of sp³-hybridized carbons (Fsp3) is 0.579. The Kier molecular flexibility index (Phi) is 7.73. The number of nitrogens with zero attached hydrogens (tertiary/aromatic N) is 2. The van der Waals surface area contributed by atoms with Crippen molar-refractivity contribution in [2.75, 3.05) is 31.7 Å². The lowest BCUT2D eigenvalue weighted by Gasteiger charge is -2.26. The van der Waals surface area contributed by atoms with E-state index >= 15 is 0 Å². The number of hydrogen-bond donors (Lipinski definition) is 2. The van der Waals surface area contributed by atoms with Crippen molar-refractivity contribution < 1.29 is 9.53 Å². The summed E-state index contributed by atoms with van der Waals surface area (Å²) in [4.78, 5) is 18.5. The van der Waals surface area contributed by atoms with Crippen LogP contribution in [0.25, 0.3) is 0 Å². The zero-order chi connectivity index (χ0) is 18.1. The van der Waals surface area contributed by atoms with Crippen molar-refractivity contribution in [3.05, 3.63) is 29.8 Å². The van der Waals surface area contributed by atoms with Crippen LogP contribution < -0.4 is 15.5 Å². The molecule has 1 aromatic rings. The van der Waals surface area contributed by atoms with Gasteiger partial charge in [-0.2, -0.15) is 0 Å². The Balaban J connectivity index is 1.97. The number of aliphatic imine (C=N–C) groups is 1. The third-order valence-corrected chi connectivity index (χ3v) is 4.14. The lowest BCUT2D eigenvalue weighted by molar-refractivity contribution is -0.119. The Hall–Kier alpha value is -2.08. The molecule has 1 aliphatic rings. The highest BCUT2D eigenvalue weighted by molar-refractivity contribution is 5.93. The van der Waals surface area contributed by atoms with Crippen LogP contribution in [0, 0.1) is 0 Å². The van der Waals surface area contributed by atoms with Crippen molar-refractivity contribution in [3.8, 4) is 0 Å². The molecule has 1 heterocycles. The summed E-state index contributed by atoms with van der Waals surface area (Å²) in [6.07, 6.45) is 2.74. The predicted octanol–water partition coefficient (Wildman–Crippen LogP) is 2.29. The fourth-order valence-electron chi connectivity index (χ4n) is 2.88. The largest absolute Gasteiger partial charge is 0.383 e. The minimum absolute atomic E-state index is 0.190. The molecule has 1 aliphatic heterocycles. The highest BCUT2D eigenvalue weighted by atomic mass is 16.5. The van der Waals surface area contributed by atoms with Crippen molar-refractivity contribution in [2.24, 2.45) is 4.99 Å². The summed E-state index contributed by atoms with van der Waals surface area (Å²) >= 11 is 0. The van der Waals surface area contributed by atoms with Gasteiger partial charge in [-0.1, -0.05) is 12.1 Å². The Labute approximate surface area is 150 Å². The number of carbonyl (C=O) groups is 1. The Morgan fingerprint density at radius 2 is 2.08 bits per heavy atom. The number of ether oxygens (including phenoxy) is 1. The lowest BCUT2D eigenvalue weighted by atomic mass is 10.1. The number of amides is 1. The molecular formula is C19H30N4O2. The normalized spacial score (nSPS) is 16.7. The molecule has 0 bridgehead atoms. The van der Waals surface area contributed by atoms with Gasteiger partial charge in [0, 0.05) is 38.3 Å². The van der Waals surface area contributed by atoms with E-state index in [-0.39, 0.29) is 11.9 Å². The summed E-state index contributed by atoms with van der Waals surface area (Å²) < 4.78 is 5.15. The third-order valence-electron chi connectivity index (χ3n) is 4.14. The van der Waals surface area contributed by atoms with Gasteiger partial charge in [-0.3, -0.25) is 4.79 Å². The van der Waals surface area contributed by atoms with Crippen LogP contribution in [-0.2, 0) is 16.1 Å². The molecule has 2 rings (SSSR count). The van der Waals surface area contributed by atoms with E-state index < -0.39 is 0 Å². The number of hydrogen-bond acceptors (Lipinski definition) is 3. The molecule has 25 heavy (non-hydrogen) atoms. The molecule has 1 amide bonds. The molecule has 1 aromatic carbocycles. The van der Waals surface area contributed by atoms with Crippen LogP contribution in [0.2, 0.25) is 0 Å². The van der Waals surface area contributed by atoms with Crippen molar-refractivity contribution >= 4 is 17.6 Å². The molecule has 1 saturated heterocycles. The SMILES string of the molecule is CCNC(=NCc1ccc(N2CCCCC2=O)cc1)NC(C)COC. The molecule has 0 radical (unpaired) electrons. The molecule has 1 atom stereocenters. The number of rotatable bonds is 7. The van der Waals surface area contributed by atoms with Crippen molar-refractivity contribution in [1.29, 1.82) is 0 Å². The zero-order valence-electron chi connectivity index (χ0n) is 15.5. The van der Waals surface area contributed by atoms with Crippen LogP contribution in [0.5, 0.6) is 0 Å². The smallest absolute Gasteiger partial charge is 0.226 e. The maximum atomic E-state index is 12.0. The second kappa shape index (κ2) is 10.0. The van der Waals surface area contributed by atoms with Crippen molar-refractivity contribution in [1.82, 2.24) is 10.6 Å². The number of methoxy groups -OCH3 is 1. The average Bonchev–Trinajstić information content (AvgIpc) is 2.61. The van der Waals surface area contributed by atoms with E-state index in [1.807, 2.05) is 36.1 Å². The summed E-state index contributed by atoms with van der Waals surface area (Å²) in [5.74, 6) is 1.00. The van der Waals surface area contributed by atoms with Gasteiger partial charge in [-0.25, -0.2) is 4.99 Å². The molecule has 2 N–H and O–H groups in total. The van der Waals surface area contributed by atoms with E-state index in [1.54, 1.807) is 7.11 Å². The van der Waals surface area contributed by atoms with E-state index in [1.165, 1.54) is 0 Å². The fourth-order valence-corrected chi connectivity index (χ4v) is 2.88. The number of carbonyl (C=O) groups excluding carboxylic acids is 1. The van der Waals surface area contributed by atoms with Crippen LogP contribution >= 0.6 is 0 Å². The van der Waals surface area contributed by atoms with E-state index in [9.17, 15) is 4.79 Å². The summed E-state index contributed by atoms with van der Waals surface area (Å²) in [7, 11) is 1.69. The molecular weight excluding hydrogens is 316 g/mol. The minimum Gasteiger partial charge on any atom is -0.383 e. The first kappa shape index (κ1) is 19.2. The van der Waals surface area contributed by atoms with E-state index in [4.69, 9.17) is 4.74 Å². The lowest BCUT2D eigenvalue weighted by Crippen LogP contribution is -2.43. The minimum atomic E-state index is 0.190. The van der Waals surface area contributed by atoms with Crippen molar-refractivity contribution in [3.63, 3.8) is 0 Å². The summed E-state index contributed by atoms with van der Waals surface area (Å²) in [6, 6.07) is 8.31. The maximum Gasteiger partial charge on any atom is 0.226 e. The molecule has 6 heteroatoms. The maximum absolute atomic E-state index is 12.0. The van der Waals surface area contributed by atoms with Crippen molar-refractivity contribution in [2.45, 2.75) is 45.7 Å². The first-order valence-electron chi connectivity index (χ1n) is 9.07. The van der Waals surface area contributed by atoms with E-state index in [0.29, 0.717) is 19.6 Å². The number of nitrogens with one attached hydrogen (secondary N) is 2. The predicted molar refractivity (Wildman–Crippen MR) is 102 cm³/mol. The number of benzene rings is 1. The van der Waals surface area contributed by atoms with Gasteiger partial charge in [0.05, 0.1) is 13.2 Å². The van der Waals surface area contributed by atoms with Gasteiger partial charge < -0.3 is 20.3 Å². The second-order valence-corrected chi connectivity index (χ2v) is 6.36. The highest BCUT2D eigenvalue weighted by Crippen LogP contribution is 2.21. The van der Waals surface area contributed by atoms with Gasteiger partial charge in [-0.15, -0.1) is 0 Å².